The summed E-state index contributed by atoms with van der Waals surface area (Å²) in [5.41, 5.74) is 6.14. The third-order valence-electron chi connectivity index (χ3n) is 2.24. The molecule has 0 saturated carbocycles. The molecule has 72 valence electrons. The molecule has 2 N–H and O–H groups in total. The number of carbonyl (C=O) groups excluding carboxylic acids is 1. The van der Waals surface area contributed by atoms with Crippen molar-refractivity contribution in [2.75, 3.05) is 0 Å². The van der Waals surface area contributed by atoms with Gasteiger partial charge in [0.15, 0.2) is 0 Å². The van der Waals surface area contributed by atoms with Crippen LogP contribution in [0.5, 0.6) is 0 Å². The smallest absolute Gasteiger partial charge is 0.340 e. The Balaban J connectivity index is 2.59. The van der Waals surface area contributed by atoms with Gasteiger partial charge in [0.05, 0.1) is 5.56 Å². The van der Waals surface area contributed by atoms with E-state index in [1.165, 1.54) is 0 Å². The van der Waals surface area contributed by atoms with Crippen LogP contribution in [-0.4, -0.2) is 5.97 Å². The molecule has 1 aromatic carbocycles. The molecule has 1 aromatic rings. The number of carbonyl (C=O) groups is 1. The average molecular weight is 189 g/mol. The first-order valence-electron chi connectivity index (χ1n) is 4.43. The number of benzene rings is 1. The van der Waals surface area contributed by atoms with E-state index in [4.69, 9.17) is 10.5 Å². The van der Waals surface area contributed by atoms with Gasteiger partial charge in [0, 0.05) is 5.56 Å². The van der Waals surface area contributed by atoms with E-state index in [1.54, 1.807) is 30.4 Å². The van der Waals surface area contributed by atoms with E-state index in [2.05, 4.69) is 0 Å². The van der Waals surface area contributed by atoms with Gasteiger partial charge < -0.3 is 4.74 Å². The van der Waals surface area contributed by atoms with E-state index in [0.29, 0.717) is 5.56 Å². The molecule has 1 unspecified atom stereocenters. The Hall–Kier alpha value is -1.61. The number of rotatable bonds is 1. The highest BCUT2D eigenvalue weighted by Gasteiger charge is 2.39. The fraction of sp³-hybridized carbons (Fsp3) is 0.182. The number of hydrogen-bond donors (Lipinski definition) is 1. The molecule has 0 aliphatic carbocycles. The lowest BCUT2D eigenvalue weighted by molar-refractivity contribution is 0.0163. The molecule has 14 heavy (non-hydrogen) atoms. The molecule has 1 atom stereocenters. The van der Waals surface area contributed by atoms with Crippen molar-refractivity contribution in [1.29, 1.82) is 0 Å². The molecule has 1 aliphatic rings. The zero-order valence-corrected chi connectivity index (χ0v) is 7.86. The van der Waals surface area contributed by atoms with Crippen LogP contribution in [0.2, 0.25) is 0 Å². The van der Waals surface area contributed by atoms with Crippen molar-refractivity contribution < 1.29 is 9.53 Å². The number of fused-ring (bicyclic) bond motifs is 1. The summed E-state index contributed by atoms with van der Waals surface area (Å²) < 4.78 is 5.11. The molecule has 2 rings (SSSR count). The van der Waals surface area contributed by atoms with Gasteiger partial charge in [-0.3, -0.25) is 5.73 Å². The predicted octanol–water partition coefficient (Wildman–Crippen LogP) is 1.54. The molecule has 0 aromatic heterocycles. The standard InChI is InChI=1S/C11H11NO2/c1-2-7-11(12)9-6-4-3-5-8(9)10(13)14-11/h2-7H,12H2,1H3. The summed E-state index contributed by atoms with van der Waals surface area (Å²) in [6, 6.07) is 7.16. The van der Waals surface area contributed by atoms with Crippen LogP contribution in [0.15, 0.2) is 36.4 Å². The zero-order chi connectivity index (χ0) is 10.2. The molecule has 1 heterocycles. The lowest BCUT2D eigenvalue weighted by Crippen LogP contribution is -2.34. The largest absolute Gasteiger partial charge is 0.432 e. The van der Waals surface area contributed by atoms with Gasteiger partial charge in [-0.15, -0.1) is 0 Å². The highest BCUT2D eigenvalue weighted by Crippen LogP contribution is 2.32. The van der Waals surface area contributed by atoms with E-state index in [9.17, 15) is 4.79 Å². The second kappa shape index (κ2) is 2.96. The Labute approximate surface area is 82.2 Å². The number of allylic oxidation sites excluding steroid dienone is 1. The number of nitrogens with two attached hydrogens (primary N) is 1. The predicted molar refractivity (Wildman–Crippen MR) is 52.5 cm³/mol. The fourth-order valence-electron chi connectivity index (χ4n) is 1.64. The van der Waals surface area contributed by atoms with Crippen molar-refractivity contribution in [3.8, 4) is 0 Å². The maximum atomic E-state index is 11.4. The Morgan fingerprint density at radius 1 is 1.43 bits per heavy atom. The molecular weight excluding hydrogens is 178 g/mol. The van der Waals surface area contributed by atoms with E-state index in [1.807, 2.05) is 13.0 Å². The van der Waals surface area contributed by atoms with Crippen molar-refractivity contribution in [1.82, 2.24) is 0 Å². The molecule has 1 aliphatic heterocycles. The van der Waals surface area contributed by atoms with Crippen LogP contribution in [0.4, 0.5) is 0 Å². The summed E-state index contributed by atoms with van der Waals surface area (Å²) in [4.78, 5) is 11.4. The summed E-state index contributed by atoms with van der Waals surface area (Å²) in [6.07, 6.45) is 3.45. The van der Waals surface area contributed by atoms with Crippen molar-refractivity contribution in [2.24, 2.45) is 5.73 Å². The molecule has 0 fully saturated rings. The lowest BCUT2D eigenvalue weighted by Gasteiger charge is -2.18. The maximum absolute atomic E-state index is 11.4. The first kappa shape index (κ1) is 8.97. The number of cyclic esters (lactones) is 1. The topological polar surface area (TPSA) is 52.3 Å². The number of hydrogen-bond acceptors (Lipinski definition) is 3. The van der Waals surface area contributed by atoms with Crippen molar-refractivity contribution in [3.63, 3.8) is 0 Å². The van der Waals surface area contributed by atoms with Crippen LogP contribution in [0, 0.1) is 0 Å². The van der Waals surface area contributed by atoms with Crippen LogP contribution in [0.1, 0.15) is 22.8 Å². The normalized spacial score (nSPS) is 25.1. The summed E-state index contributed by atoms with van der Waals surface area (Å²) in [6.45, 7) is 1.84. The Bertz CT molecular complexity index is 412. The van der Waals surface area contributed by atoms with Gasteiger partial charge in [-0.2, -0.15) is 0 Å². The molecule has 0 spiro atoms. The first-order chi connectivity index (χ1) is 6.67. The molecule has 0 saturated heterocycles. The minimum absolute atomic E-state index is 0.360. The second-order valence-electron chi connectivity index (χ2n) is 3.23. The van der Waals surface area contributed by atoms with Crippen molar-refractivity contribution in [3.05, 3.63) is 47.5 Å². The van der Waals surface area contributed by atoms with Crippen molar-refractivity contribution in [2.45, 2.75) is 12.6 Å². The van der Waals surface area contributed by atoms with Crippen LogP contribution in [-0.2, 0) is 10.5 Å². The van der Waals surface area contributed by atoms with Gasteiger partial charge >= 0.3 is 5.97 Å². The van der Waals surface area contributed by atoms with Crippen LogP contribution in [0.3, 0.4) is 0 Å². The van der Waals surface area contributed by atoms with Crippen LogP contribution in [0.25, 0.3) is 0 Å². The summed E-state index contributed by atoms with van der Waals surface area (Å²) in [7, 11) is 0. The van der Waals surface area contributed by atoms with E-state index in [-0.39, 0.29) is 5.97 Å². The summed E-state index contributed by atoms with van der Waals surface area (Å²) in [5.74, 6) is -0.360. The minimum Gasteiger partial charge on any atom is -0.432 e. The number of esters is 1. The van der Waals surface area contributed by atoms with Crippen molar-refractivity contribution >= 4 is 5.97 Å². The van der Waals surface area contributed by atoms with E-state index < -0.39 is 5.72 Å². The maximum Gasteiger partial charge on any atom is 0.340 e. The molecule has 0 radical (unpaired) electrons. The van der Waals surface area contributed by atoms with Gasteiger partial charge in [0.25, 0.3) is 0 Å². The third kappa shape index (κ3) is 1.14. The minimum atomic E-state index is -1.08. The van der Waals surface area contributed by atoms with Crippen LogP contribution >= 0.6 is 0 Å². The highest BCUT2D eigenvalue weighted by molar-refractivity contribution is 5.94. The number of ether oxygens (including phenoxy) is 1. The monoisotopic (exact) mass is 189 g/mol. The quantitative estimate of drug-likeness (QED) is 0.538. The molecule has 0 bridgehead atoms. The summed E-state index contributed by atoms with van der Waals surface area (Å²) >= 11 is 0. The second-order valence-corrected chi connectivity index (χ2v) is 3.23. The Kier molecular flexibility index (Phi) is 1.89. The molecule has 3 heteroatoms. The molecular formula is C11H11NO2. The molecule has 0 amide bonds. The fourth-order valence-corrected chi connectivity index (χ4v) is 1.64. The Morgan fingerprint density at radius 3 is 2.86 bits per heavy atom. The zero-order valence-electron chi connectivity index (χ0n) is 7.86. The van der Waals surface area contributed by atoms with Gasteiger partial charge in [-0.1, -0.05) is 24.3 Å². The Morgan fingerprint density at radius 2 is 2.14 bits per heavy atom. The van der Waals surface area contributed by atoms with Gasteiger partial charge in [0.2, 0.25) is 5.72 Å². The van der Waals surface area contributed by atoms with Gasteiger partial charge in [0.1, 0.15) is 0 Å². The third-order valence-corrected chi connectivity index (χ3v) is 2.24. The highest BCUT2D eigenvalue weighted by atomic mass is 16.6. The lowest BCUT2D eigenvalue weighted by atomic mass is 10.0. The van der Waals surface area contributed by atoms with Gasteiger partial charge in [-0.05, 0) is 19.1 Å². The van der Waals surface area contributed by atoms with Crippen LogP contribution < -0.4 is 5.73 Å². The average Bonchev–Trinajstić information content (AvgIpc) is 2.41. The summed E-state index contributed by atoms with van der Waals surface area (Å²) in [5, 5.41) is 0. The van der Waals surface area contributed by atoms with Gasteiger partial charge in [-0.25, -0.2) is 4.79 Å². The SMILES string of the molecule is CC=CC1(N)OC(=O)c2ccccc21. The first-order valence-corrected chi connectivity index (χ1v) is 4.43. The van der Waals surface area contributed by atoms with E-state index in [0.717, 1.165) is 5.56 Å². The van der Waals surface area contributed by atoms with E-state index >= 15 is 0 Å². The molecule has 3 nitrogen and oxygen atoms in total.